The summed E-state index contributed by atoms with van der Waals surface area (Å²) in [6, 6.07) is 21.5. The summed E-state index contributed by atoms with van der Waals surface area (Å²) < 4.78 is 0. The van der Waals surface area contributed by atoms with Crippen LogP contribution in [0, 0.1) is 0 Å². The molecule has 3 heteroatoms. The molecule has 0 bridgehead atoms. The lowest BCUT2D eigenvalue weighted by Gasteiger charge is -2.39. The third kappa shape index (κ3) is 3.74. The fourth-order valence-electron chi connectivity index (χ4n) is 3.33. The fourth-order valence-corrected chi connectivity index (χ4v) is 3.33. The Labute approximate surface area is 144 Å². The molecular weight excluding hydrogens is 296 g/mol. The van der Waals surface area contributed by atoms with Crippen molar-refractivity contribution < 1.29 is 4.79 Å². The van der Waals surface area contributed by atoms with Gasteiger partial charge in [-0.05, 0) is 24.1 Å². The molecule has 0 radical (unpaired) electrons. The van der Waals surface area contributed by atoms with Crippen LogP contribution in [-0.2, 0) is 4.79 Å². The Hall–Kier alpha value is -2.39. The predicted octanol–water partition coefficient (Wildman–Crippen LogP) is 3.50. The van der Waals surface area contributed by atoms with Crippen molar-refractivity contribution in [2.45, 2.75) is 13.0 Å². The van der Waals surface area contributed by atoms with E-state index < -0.39 is 0 Å². The molecule has 3 nitrogen and oxygen atoms in total. The third-order valence-electron chi connectivity index (χ3n) is 4.53. The van der Waals surface area contributed by atoms with Gasteiger partial charge in [0, 0.05) is 26.2 Å². The molecule has 1 saturated heterocycles. The standard InChI is InChI=1S/C21H24N2O/c1-2-9-20(24)22-14-16-23(17-15-22)21(18-10-5-3-6-11-18)19-12-7-4-8-13-19/h2-13,21H,14-17H2,1H3/b9-2+. The second-order valence-corrected chi connectivity index (χ2v) is 6.09. The molecule has 1 fully saturated rings. The highest BCUT2D eigenvalue weighted by molar-refractivity contribution is 5.87. The second-order valence-electron chi connectivity index (χ2n) is 6.09. The number of benzene rings is 2. The molecule has 2 aromatic carbocycles. The van der Waals surface area contributed by atoms with Crippen molar-refractivity contribution in [3.63, 3.8) is 0 Å². The molecule has 0 spiro atoms. The summed E-state index contributed by atoms with van der Waals surface area (Å²) in [5.74, 6) is 0.119. The third-order valence-corrected chi connectivity index (χ3v) is 4.53. The van der Waals surface area contributed by atoms with Gasteiger partial charge in [0.15, 0.2) is 0 Å². The van der Waals surface area contributed by atoms with Crippen LogP contribution in [-0.4, -0.2) is 41.9 Å². The molecule has 24 heavy (non-hydrogen) atoms. The summed E-state index contributed by atoms with van der Waals surface area (Å²) >= 11 is 0. The summed E-state index contributed by atoms with van der Waals surface area (Å²) in [7, 11) is 0. The lowest BCUT2D eigenvalue weighted by Crippen LogP contribution is -2.49. The van der Waals surface area contributed by atoms with Crippen LogP contribution in [0.4, 0.5) is 0 Å². The highest BCUT2D eigenvalue weighted by atomic mass is 16.2. The van der Waals surface area contributed by atoms with Crippen LogP contribution in [0.2, 0.25) is 0 Å². The topological polar surface area (TPSA) is 23.6 Å². The van der Waals surface area contributed by atoms with E-state index in [2.05, 4.69) is 65.6 Å². The summed E-state index contributed by atoms with van der Waals surface area (Å²) in [6.45, 7) is 5.21. The lowest BCUT2D eigenvalue weighted by molar-refractivity contribution is -0.127. The number of rotatable bonds is 4. The number of piperazine rings is 1. The molecule has 2 aromatic rings. The number of carbonyl (C=O) groups excluding carboxylic acids is 1. The minimum atomic E-state index is 0.119. The molecule has 0 unspecified atom stereocenters. The highest BCUT2D eigenvalue weighted by Gasteiger charge is 2.27. The minimum absolute atomic E-state index is 0.119. The largest absolute Gasteiger partial charge is 0.337 e. The van der Waals surface area contributed by atoms with Gasteiger partial charge >= 0.3 is 0 Å². The Morgan fingerprint density at radius 1 is 0.875 bits per heavy atom. The van der Waals surface area contributed by atoms with E-state index in [0.29, 0.717) is 0 Å². The van der Waals surface area contributed by atoms with Crippen molar-refractivity contribution in [1.29, 1.82) is 0 Å². The SMILES string of the molecule is C/C=C/C(=O)N1CCN(C(c2ccccc2)c2ccccc2)CC1. The van der Waals surface area contributed by atoms with Crippen molar-refractivity contribution in [1.82, 2.24) is 9.80 Å². The summed E-state index contributed by atoms with van der Waals surface area (Å²) in [5.41, 5.74) is 2.61. The fraction of sp³-hybridized carbons (Fsp3) is 0.286. The molecule has 0 saturated carbocycles. The van der Waals surface area contributed by atoms with E-state index in [9.17, 15) is 4.79 Å². The number of amides is 1. The van der Waals surface area contributed by atoms with Crippen LogP contribution in [0.3, 0.4) is 0 Å². The first-order chi connectivity index (χ1) is 11.8. The van der Waals surface area contributed by atoms with Gasteiger partial charge in [0.2, 0.25) is 5.91 Å². The normalized spacial score (nSPS) is 16.0. The first-order valence-corrected chi connectivity index (χ1v) is 8.55. The Balaban J connectivity index is 1.80. The lowest BCUT2D eigenvalue weighted by atomic mass is 9.96. The monoisotopic (exact) mass is 320 g/mol. The van der Waals surface area contributed by atoms with E-state index in [4.69, 9.17) is 0 Å². The average molecular weight is 320 g/mol. The highest BCUT2D eigenvalue weighted by Crippen LogP contribution is 2.29. The van der Waals surface area contributed by atoms with Crippen LogP contribution in [0.15, 0.2) is 72.8 Å². The zero-order valence-electron chi connectivity index (χ0n) is 14.1. The van der Waals surface area contributed by atoms with Gasteiger partial charge in [-0.3, -0.25) is 9.69 Å². The minimum Gasteiger partial charge on any atom is -0.337 e. The molecule has 0 aliphatic carbocycles. The first kappa shape index (κ1) is 16.5. The van der Waals surface area contributed by atoms with Gasteiger partial charge in [0.1, 0.15) is 0 Å². The average Bonchev–Trinajstić information content (AvgIpc) is 2.64. The zero-order valence-corrected chi connectivity index (χ0v) is 14.1. The number of hydrogen-bond donors (Lipinski definition) is 0. The van der Waals surface area contributed by atoms with Crippen molar-refractivity contribution in [3.05, 3.63) is 83.9 Å². The van der Waals surface area contributed by atoms with Gasteiger partial charge in [-0.25, -0.2) is 0 Å². The molecule has 1 aliphatic heterocycles. The van der Waals surface area contributed by atoms with E-state index >= 15 is 0 Å². The Bertz CT molecular complexity index is 634. The molecule has 1 aliphatic rings. The molecule has 0 N–H and O–H groups in total. The second kappa shape index (κ2) is 7.93. The van der Waals surface area contributed by atoms with Crippen LogP contribution in [0.25, 0.3) is 0 Å². The van der Waals surface area contributed by atoms with Crippen molar-refractivity contribution >= 4 is 5.91 Å². The number of nitrogens with zero attached hydrogens (tertiary/aromatic N) is 2. The van der Waals surface area contributed by atoms with Gasteiger partial charge in [0.05, 0.1) is 6.04 Å². The van der Waals surface area contributed by atoms with Gasteiger partial charge in [-0.1, -0.05) is 66.7 Å². The maximum Gasteiger partial charge on any atom is 0.246 e. The molecule has 0 aromatic heterocycles. The molecular formula is C21H24N2O. The first-order valence-electron chi connectivity index (χ1n) is 8.55. The molecule has 0 atom stereocenters. The maximum absolute atomic E-state index is 12.0. The van der Waals surface area contributed by atoms with Crippen molar-refractivity contribution in [3.8, 4) is 0 Å². The number of allylic oxidation sites excluding steroid dienone is 1. The van der Waals surface area contributed by atoms with Crippen LogP contribution in [0.1, 0.15) is 24.1 Å². The number of hydrogen-bond acceptors (Lipinski definition) is 2. The van der Waals surface area contributed by atoms with Crippen LogP contribution >= 0.6 is 0 Å². The molecule has 124 valence electrons. The van der Waals surface area contributed by atoms with E-state index in [1.807, 2.05) is 17.9 Å². The van der Waals surface area contributed by atoms with E-state index in [1.54, 1.807) is 6.08 Å². The van der Waals surface area contributed by atoms with Crippen LogP contribution < -0.4 is 0 Å². The zero-order chi connectivity index (χ0) is 16.8. The van der Waals surface area contributed by atoms with Gasteiger partial charge in [-0.2, -0.15) is 0 Å². The van der Waals surface area contributed by atoms with E-state index in [-0.39, 0.29) is 11.9 Å². The van der Waals surface area contributed by atoms with Crippen molar-refractivity contribution in [2.24, 2.45) is 0 Å². The number of carbonyl (C=O) groups is 1. The van der Waals surface area contributed by atoms with Crippen LogP contribution in [0.5, 0.6) is 0 Å². The quantitative estimate of drug-likeness (QED) is 0.805. The maximum atomic E-state index is 12.0. The smallest absolute Gasteiger partial charge is 0.246 e. The molecule has 3 rings (SSSR count). The molecule has 1 amide bonds. The van der Waals surface area contributed by atoms with Gasteiger partial charge < -0.3 is 4.90 Å². The summed E-state index contributed by atoms with van der Waals surface area (Å²) in [6.07, 6.45) is 3.47. The Morgan fingerprint density at radius 3 is 1.83 bits per heavy atom. The van der Waals surface area contributed by atoms with Crippen molar-refractivity contribution in [2.75, 3.05) is 26.2 Å². The van der Waals surface area contributed by atoms with Gasteiger partial charge in [0.25, 0.3) is 0 Å². The Kier molecular flexibility index (Phi) is 5.44. The summed E-state index contributed by atoms with van der Waals surface area (Å²) in [5, 5.41) is 0. The Morgan fingerprint density at radius 2 is 1.38 bits per heavy atom. The van der Waals surface area contributed by atoms with E-state index in [1.165, 1.54) is 11.1 Å². The summed E-state index contributed by atoms with van der Waals surface area (Å²) in [4.78, 5) is 16.4. The van der Waals surface area contributed by atoms with Gasteiger partial charge in [-0.15, -0.1) is 0 Å². The molecule has 1 heterocycles. The predicted molar refractivity (Wildman–Crippen MR) is 97.7 cm³/mol. The van der Waals surface area contributed by atoms with E-state index in [0.717, 1.165) is 26.2 Å².